The zero-order chi connectivity index (χ0) is 13.5. The van der Waals surface area contributed by atoms with Gasteiger partial charge in [0.15, 0.2) is 0 Å². The fourth-order valence-corrected chi connectivity index (χ4v) is 3.87. The van der Waals surface area contributed by atoms with Gasteiger partial charge in [0, 0.05) is 18.0 Å². The highest BCUT2D eigenvalue weighted by Gasteiger charge is 2.45. The number of hydrogen-bond donors (Lipinski definition) is 1. The molecule has 1 saturated carbocycles. The Kier molecular flexibility index (Phi) is 3.30. The van der Waals surface area contributed by atoms with E-state index >= 15 is 0 Å². The molecule has 1 spiro atoms. The summed E-state index contributed by atoms with van der Waals surface area (Å²) in [6.07, 6.45) is 6.19. The highest BCUT2D eigenvalue weighted by atomic mass is 16.5. The van der Waals surface area contributed by atoms with Crippen LogP contribution in [0.3, 0.4) is 0 Å². The maximum atomic E-state index is 6.46. The topological polar surface area (TPSA) is 21.3 Å². The first-order valence-corrected chi connectivity index (χ1v) is 7.62. The SMILES string of the molecule is CCC1CCC2(C1)CC(NC)c1cc(C)ccc1O2. The summed E-state index contributed by atoms with van der Waals surface area (Å²) in [6.45, 7) is 4.46. The van der Waals surface area contributed by atoms with Crippen LogP contribution in [0.15, 0.2) is 18.2 Å². The molecule has 1 aliphatic carbocycles. The minimum atomic E-state index is 0.0939. The number of aryl methyl sites for hydroxylation is 1. The van der Waals surface area contributed by atoms with Gasteiger partial charge >= 0.3 is 0 Å². The molecule has 0 aromatic heterocycles. The molecule has 1 N–H and O–H groups in total. The predicted octanol–water partition coefficient (Wildman–Crippen LogP) is 3.99. The van der Waals surface area contributed by atoms with Gasteiger partial charge in [-0.3, -0.25) is 0 Å². The maximum absolute atomic E-state index is 6.46. The van der Waals surface area contributed by atoms with Gasteiger partial charge in [-0.25, -0.2) is 0 Å². The molecule has 0 saturated heterocycles. The Labute approximate surface area is 116 Å². The van der Waals surface area contributed by atoms with E-state index in [2.05, 4.69) is 44.4 Å². The van der Waals surface area contributed by atoms with Crippen molar-refractivity contribution < 1.29 is 4.74 Å². The van der Waals surface area contributed by atoms with E-state index in [4.69, 9.17) is 4.74 Å². The molecule has 1 fully saturated rings. The molecule has 2 nitrogen and oxygen atoms in total. The van der Waals surface area contributed by atoms with E-state index in [9.17, 15) is 0 Å². The quantitative estimate of drug-likeness (QED) is 0.867. The van der Waals surface area contributed by atoms with E-state index in [0.717, 1.165) is 18.1 Å². The maximum Gasteiger partial charge on any atom is 0.124 e. The molecule has 0 radical (unpaired) electrons. The highest BCUT2D eigenvalue weighted by molar-refractivity contribution is 5.42. The van der Waals surface area contributed by atoms with Crippen LogP contribution >= 0.6 is 0 Å². The third kappa shape index (κ3) is 2.27. The average molecular weight is 259 g/mol. The molecule has 19 heavy (non-hydrogen) atoms. The van der Waals surface area contributed by atoms with Gasteiger partial charge in [0.05, 0.1) is 0 Å². The molecule has 0 amide bonds. The van der Waals surface area contributed by atoms with Crippen LogP contribution in [0.1, 0.15) is 56.2 Å². The molecular formula is C17H25NO. The highest BCUT2D eigenvalue weighted by Crippen LogP contribution is 2.49. The predicted molar refractivity (Wildman–Crippen MR) is 78.6 cm³/mol. The fourth-order valence-electron chi connectivity index (χ4n) is 3.87. The van der Waals surface area contributed by atoms with Gasteiger partial charge in [0.1, 0.15) is 11.4 Å². The Bertz CT molecular complexity index is 470. The van der Waals surface area contributed by atoms with E-state index in [1.807, 2.05) is 0 Å². The van der Waals surface area contributed by atoms with Crippen LogP contribution in [-0.2, 0) is 0 Å². The number of benzene rings is 1. The van der Waals surface area contributed by atoms with Crippen LogP contribution in [0.2, 0.25) is 0 Å². The standard InChI is InChI=1S/C17H25NO/c1-4-13-7-8-17(10-13)11-15(18-3)14-9-12(2)5-6-16(14)19-17/h5-6,9,13,15,18H,4,7-8,10-11H2,1-3H3. The van der Waals surface area contributed by atoms with Crippen molar-refractivity contribution in [1.82, 2.24) is 5.32 Å². The van der Waals surface area contributed by atoms with Crippen molar-refractivity contribution in [3.63, 3.8) is 0 Å². The average Bonchev–Trinajstić information content (AvgIpc) is 2.81. The Morgan fingerprint density at radius 3 is 2.89 bits per heavy atom. The van der Waals surface area contributed by atoms with E-state index in [-0.39, 0.29) is 5.60 Å². The number of hydrogen-bond acceptors (Lipinski definition) is 2. The van der Waals surface area contributed by atoms with Crippen LogP contribution in [0.25, 0.3) is 0 Å². The molecule has 2 heteroatoms. The first-order valence-electron chi connectivity index (χ1n) is 7.62. The number of fused-ring (bicyclic) bond motifs is 1. The molecule has 3 rings (SSSR count). The van der Waals surface area contributed by atoms with Crippen molar-refractivity contribution in [2.45, 2.75) is 57.6 Å². The van der Waals surface area contributed by atoms with E-state index in [1.54, 1.807) is 0 Å². The Hall–Kier alpha value is -1.02. The van der Waals surface area contributed by atoms with Crippen LogP contribution in [-0.4, -0.2) is 12.6 Å². The molecule has 1 aromatic carbocycles. The summed E-state index contributed by atoms with van der Waals surface area (Å²) in [5, 5.41) is 3.49. The third-order valence-electron chi connectivity index (χ3n) is 5.04. The molecule has 3 atom stereocenters. The second-order valence-corrected chi connectivity index (χ2v) is 6.39. The van der Waals surface area contributed by atoms with Gasteiger partial charge in [0.2, 0.25) is 0 Å². The molecule has 104 valence electrons. The Morgan fingerprint density at radius 1 is 1.37 bits per heavy atom. The van der Waals surface area contributed by atoms with Crippen LogP contribution in [0.5, 0.6) is 5.75 Å². The lowest BCUT2D eigenvalue weighted by molar-refractivity contribution is 0.0339. The first-order chi connectivity index (χ1) is 9.15. The van der Waals surface area contributed by atoms with Crippen molar-refractivity contribution in [2.75, 3.05) is 7.05 Å². The van der Waals surface area contributed by atoms with Crippen molar-refractivity contribution in [3.8, 4) is 5.75 Å². The number of ether oxygens (including phenoxy) is 1. The molecule has 1 aromatic rings. The van der Waals surface area contributed by atoms with E-state index < -0.39 is 0 Å². The van der Waals surface area contributed by atoms with Crippen molar-refractivity contribution >= 4 is 0 Å². The summed E-state index contributed by atoms with van der Waals surface area (Å²) >= 11 is 0. The minimum absolute atomic E-state index is 0.0939. The summed E-state index contributed by atoms with van der Waals surface area (Å²) < 4.78 is 6.46. The smallest absolute Gasteiger partial charge is 0.124 e. The molecule has 0 bridgehead atoms. The van der Waals surface area contributed by atoms with Crippen LogP contribution in [0.4, 0.5) is 0 Å². The zero-order valence-electron chi connectivity index (χ0n) is 12.3. The second-order valence-electron chi connectivity index (χ2n) is 6.39. The van der Waals surface area contributed by atoms with Gasteiger partial charge in [-0.15, -0.1) is 0 Å². The minimum Gasteiger partial charge on any atom is -0.487 e. The largest absolute Gasteiger partial charge is 0.487 e. The number of nitrogens with one attached hydrogen (secondary N) is 1. The van der Waals surface area contributed by atoms with E-state index in [0.29, 0.717) is 6.04 Å². The lowest BCUT2D eigenvalue weighted by Gasteiger charge is -2.40. The summed E-state index contributed by atoms with van der Waals surface area (Å²) in [6, 6.07) is 7.04. The lowest BCUT2D eigenvalue weighted by atomic mass is 9.84. The van der Waals surface area contributed by atoms with Crippen LogP contribution < -0.4 is 10.1 Å². The molecule has 3 unspecified atom stereocenters. The van der Waals surface area contributed by atoms with Gasteiger partial charge in [-0.2, -0.15) is 0 Å². The van der Waals surface area contributed by atoms with Gasteiger partial charge < -0.3 is 10.1 Å². The lowest BCUT2D eigenvalue weighted by Crippen LogP contribution is -2.41. The molecule has 1 aliphatic heterocycles. The van der Waals surface area contributed by atoms with Crippen molar-refractivity contribution in [2.24, 2.45) is 5.92 Å². The van der Waals surface area contributed by atoms with Gasteiger partial charge in [-0.1, -0.05) is 31.0 Å². The second kappa shape index (κ2) is 4.82. The first kappa shape index (κ1) is 13.0. The zero-order valence-corrected chi connectivity index (χ0v) is 12.3. The monoisotopic (exact) mass is 259 g/mol. The third-order valence-corrected chi connectivity index (χ3v) is 5.04. The summed E-state index contributed by atoms with van der Waals surface area (Å²) in [5.74, 6) is 1.96. The Morgan fingerprint density at radius 2 is 2.21 bits per heavy atom. The Balaban J connectivity index is 1.92. The van der Waals surface area contributed by atoms with Crippen molar-refractivity contribution in [1.29, 1.82) is 0 Å². The number of rotatable bonds is 2. The molecule has 1 heterocycles. The summed E-state index contributed by atoms with van der Waals surface area (Å²) in [4.78, 5) is 0. The van der Waals surface area contributed by atoms with Gasteiger partial charge in [0.25, 0.3) is 0 Å². The van der Waals surface area contributed by atoms with Crippen molar-refractivity contribution in [3.05, 3.63) is 29.3 Å². The molecular weight excluding hydrogens is 234 g/mol. The normalized spacial score (nSPS) is 33.2. The van der Waals surface area contributed by atoms with Gasteiger partial charge in [-0.05, 0) is 45.2 Å². The molecule has 2 aliphatic rings. The summed E-state index contributed by atoms with van der Waals surface area (Å²) in [7, 11) is 2.07. The fraction of sp³-hybridized carbons (Fsp3) is 0.647. The van der Waals surface area contributed by atoms with Crippen LogP contribution in [0, 0.1) is 12.8 Å². The van der Waals surface area contributed by atoms with E-state index in [1.165, 1.54) is 36.8 Å². The summed E-state index contributed by atoms with van der Waals surface area (Å²) in [5.41, 5.74) is 2.75.